The van der Waals surface area contributed by atoms with Gasteiger partial charge in [-0.05, 0) is 43.5 Å². The average molecular weight is 244 g/mol. The lowest BCUT2D eigenvalue weighted by Crippen LogP contribution is -2.26. The van der Waals surface area contributed by atoms with Crippen LogP contribution in [0.2, 0.25) is 0 Å². The molecule has 1 fully saturated rings. The zero-order valence-corrected chi connectivity index (χ0v) is 11.1. The maximum Gasteiger partial charge on any atom is 0.136 e. The van der Waals surface area contributed by atoms with Gasteiger partial charge in [0, 0.05) is 12.6 Å². The minimum Gasteiger partial charge on any atom is -0.495 e. The van der Waals surface area contributed by atoms with Crippen molar-refractivity contribution in [3.8, 4) is 11.8 Å². The van der Waals surface area contributed by atoms with Crippen LogP contribution >= 0.6 is 0 Å². The molecular weight excluding hydrogens is 224 g/mol. The first-order valence-corrected chi connectivity index (χ1v) is 6.59. The molecule has 0 atom stereocenters. The van der Waals surface area contributed by atoms with E-state index in [1.54, 1.807) is 7.11 Å². The van der Waals surface area contributed by atoms with Gasteiger partial charge in [-0.15, -0.1) is 0 Å². The van der Waals surface area contributed by atoms with Crippen LogP contribution in [0.5, 0.6) is 5.75 Å². The summed E-state index contributed by atoms with van der Waals surface area (Å²) >= 11 is 0. The van der Waals surface area contributed by atoms with Crippen LogP contribution in [0.25, 0.3) is 0 Å². The van der Waals surface area contributed by atoms with Gasteiger partial charge in [-0.25, -0.2) is 0 Å². The summed E-state index contributed by atoms with van der Waals surface area (Å²) in [5.74, 6) is 0.683. The summed E-state index contributed by atoms with van der Waals surface area (Å²) in [6.45, 7) is 4.32. The molecule has 0 spiro atoms. The monoisotopic (exact) mass is 244 g/mol. The Hall–Kier alpha value is -1.53. The molecule has 1 aliphatic carbocycles. The Balaban J connectivity index is 2.10. The first-order valence-electron chi connectivity index (χ1n) is 6.59. The Morgan fingerprint density at radius 2 is 2.22 bits per heavy atom. The van der Waals surface area contributed by atoms with Gasteiger partial charge in [0.15, 0.2) is 0 Å². The second kappa shape index (κ2) is 5.88. The minimum atomic E-state index is 0.606. The number of nitriles is 1. The second-order valence-corrected chi connectivity index (χ2v) is 4.85. The predicted octanol–water partition coefficient (Wildman–Crippen LogP) is 2.94. The molecule has 0 unspecified atom stereocenters. The van der Waals surface area contributed by atoms with Crippen molar-refractivity contribution in [2.75, 3.05) is 13.7 Å². The van der Waals surface area contributed by atoms with Gasteiger partial charge in [-0.1, -0.05) is 13.0 Å². The highest BCUT2D eigenvalue weighted by molar-refractivity contribution is 5.45. The highest BCUT2D eigenvalue weighted by Crippen LogP contribution is 2.29. The fourth-order valence-corrected chi connectivity index (χ4v) is 2.28. The molecule has 18 heavy (non-hydrogen) atoms. The molecule has 0 N–H and O–H groups in total. The van der Waals surface area contributed by atoms with Crippen molar-refractivity contribution >= 4 is 0 Å². The summed E-state index contributed by atoms with van der Waals surface area (Å²) in [6, 6.07) is 8.79. The Bertz CT molecular complexity index is 446. The van der Waals surface area contributed by atoms with E-state index in [1.807, 2.05) is 18.2 Å². The van der Waals surface area contributed by atoms with E-state index in [4.69, 9.17) is 10.00 Å². The molecule has 1 aromatic rings. The maximum absolute atomic E-state index is 8.96. The number of hydrogen-bond acceptors (Lipinski definition) is 3. The van der Waals surface area contributed by atoms with Crippen LogP contribution in [-0.4, -0.2) is 24.6 Å². The predicted molar refractivity (Wildman–Crippen MR) is 71.4 cm³/mol. The zero-order valence-electron chi connectivity index (χ0n) is 11.1. The van der Waals surface area contributed by atoms with Crippen molar-refractivity contribution in [1.29, 1.82) is 5.26 Å². The Kier molecular flexibility index (Phi) is 4.22. The van der Waals surface area contributed by atoms with Gasteiger partial charge in [0.1, 0.15) is 11.8 Å². The van der Waals surface area contributed by atoms with E-state index in [1.165, 1.54) is 24.8 Å². The lowest BCUT2D eigenvalue weighted by atomic mass is 10.1. The first kappa shape index (κ1) is 12.9. The van der Waals surface area contributed by atoms with Crippen molar-refractivity contribution in [1.82, 2.24) is 4.90 Å². The summed E-state index contributed by atoms with van der Waals surface area (Å²) < 4.78 is 5.25. The second-order valence-electron chi connectivity index (χ2n) is 4.85. The van der Waals surface area contributed by atoms with E-state index in [-0.39, 0.29) is 0 Å². The molecule has 1 aromatic carbocycles. The fourth-order valence-electron chi connectivity index (χ4n) is 2.28. The van der Waals surface area contributed by atoms with Crippen molar-refractivity contribution in [3.63, 3.8) is 0 Å². The summed E-state index contributed by atoms with van der Waals surface area (Å²) in [7, 11) is 1.62. The van der Waals surface area contributed by atoms with Crippen LogP contribution < -0.4 is 4.74 Å². The number of benzene rings is 1. The highest BCUT2D eigenvalue weighted by Gasteiger charge is 2.28. The number of nitrogens with zero attached hydrogens (tertiary/aromatic N) is 2. The molecular formula is C15H20N2O. The molecule has 0 bridgehead atoms. The number of rotatable bonds is 6. The smallest absolute Gasteiger partial charge is 0.136 e. The summed E-state index contributed by atoms with van der Waals surface area (Å²) in [5, 5.41) is 8.96. The topological polar surface area (TPSA) is 36.3 Å². The molecule has 2 rings (SSSR count). The van der Waals surface area contributed by atoms with Gasteiger partial charge < -0.3 is 4.74 Å². The standard InChI is InChI=1S/C15H20N2O/c1-3-8-17(14-6-7-14)11-12-4-5-13(10-16)15(9-12)18-2/h4-5,9,14H,3,6-8,11H2,1-2H3. The van der Waals surface area contributed by atoms with Gasteiger partial charge in [0.05, 0.1) is 12.7 Å². The van der Waals surface area contributed by atoms with Crippen LogP contribution in [0.1, 0.15) is 37.3 Å². The SMILES string of the molecule is CCCN(Cc1ccc(C#N)c(OC)c1)C1CC1. The van der Waals surface area contributed by atoms with Gasteiger partial charge >= 0.3 is 0 Å². The molecule has 1 aliphatic rings. The molecule has 1 saturated carbocycles. The minimum absolute atomic E-state index is 0.606. The molecule has 3 heteroatoms. The molecule has 3 nitrogen and oxygen atoms in total. The number of ether oxygens (including phenoxy) is 1. The normalized spacial score (nSPS) is 14.6. The average Bonchev–Trinajstić information content (AvgIpc) is 3.22. The largest absolute Gasteiger partial charge is 0.495 e. The lowest BCUT2D eigenvalue weighted by Gasteiger charge is -2.21. The fraction of sp³-hybridized carbons (Fsp3) is 0.533. The summed E-state index contributed by atoms with van der Waals surface area (Å²) in [6.07, 6.45) is 3.84. The van der Waals surface area contributed by atoms with Crippen LogP contribution in [0.4, 0.5) is 0 Å². The summed E-state index contributed by atoms with van der Waals surface area (Å²) in [4.78, 5) is 2.53. The molecule has 0 saturated heterocycles. The van der Waals surface area contributed by atoms with E-state index >= 15 is 0 Å². The number of hydrogen-bond donors (Lipinski definition) is 0. The van der Waals surface area contributed by atoms with Gasteiger partial charge in [0.2, 0.25) is 0 Å². The Morgan fingerprint density at radius 1 is 1.44 bits per heavy atom. The molecule has 0 aliphatic heterocycles. The van der Waals surface area contributed by atoms with Crippen molar-refractivity contribution in [3.05, 3.63) is 29.3 Å². The van der Waals surface area contributed by atoms with Crippen LogP contribution in [0.15, 0.2) is 18.2 Å². The third-order valence-electron chi connectivity index (χ3n) is 3.35. The van der Waals surface area contributed by atoms with Crippen LogP contribution in [0.3, 0.4) is 0 Å². The third-order valence-corrected chi connectivity index (χ3v) is 3.35. The maximum atomic E-state index is 8.96. The van der Waals surface area contributed by atoms with Crippen LogP contribution in [0, 0.1) is 11.3 Å². The van der Waals surface area contributed by atoms with E-state index < -0.39 is 0 Å². The van der Waals surface area contributed by atoms with E-state index in [0.717, 1.165) is 19.1 Å². The van der Waals surface area contributed by atoms with Crippen molar-refractivity contribution in [2.24, 2.45) is 0 Å². The molecule has 96 valence electrons. The molecule has 0 radical (unpaired) electrons. The quantitative estimate of drug-likeness (QED) is 0.772. The molecule has 0 aromatic heterocycles. The molecule has 0 amide bonds. The van der Waals surface area contributed by atoms with Crippen molar-refractivity contribution < 1.29 is 4.74 Å². The van der Waals surface area contributed by atoms with Gasteiger partial charge in [-0.2, -0.15) is 5.26 Å². The Labute approximate surface area is 109 Å². The zero-order chi connectivity index (χ0) is 13.0. The highest BCUT2D eigenvalue weighted by atomic mass is 16.5. The lowest BCUT2D eigenvalue weighted by molar-refractivity contribution is 0.255. The molecule has 0 heterocycles. The third kappa shape index (κ3) is 3.02. The van der Waals surface area contributed by atoms with E-state index in [0.29, 0.717) is 11.3 Å². The summed E-state index contributed by atoms with van der Waals surface area (Å²) in [5.41, 5.74) is 1.83. The Morgan fingerprint density at radius 3 is 2.78 bits per heavy atom. The van der Waals surface area contributed by atoms with E-state index in [9.17, 15) is 0 Å². The van der Waals surface area contributed by atoms with Gasteiger partial charge in [-0.3, -0.25) is 4.90 Å². The first-order chi connectivity index (χ1) is 8.78. The number of methoxy groups -OCH3 is 1. The van der Waals surface area contributed by atoms with E-state index in [2.05, 4.69) is 17.9 Å². The van der Waals surface area contributed by atoms with Crippen molar-refractivity contribution in [2.45, 2.75) is 38.8 Å². The van der Waals surface area contributed by atoms with Crippen LogP contribution in [-0.2, 0) is 6.54 Å². The van der Waals surface area contributed by atoms with Gasteiger partial charge in [0.25, 0.3) is 0 Å².